The van der Waals surface area contributed by atoms with Gasteiger partial charge >= 0.3 is 0 Å². The molecule has 2 amide bonds. The molecule has 8 nitrogen and oxygen atoms in total. The summed E-state index contributed by atoms with van der Waals surface area (Å²) in [7, 11) is -3.28. The van der Waals surface area contributed by atoms with Gasteiger partial charge in [-0.3, -0.25) is 14.4 Å². The van der Waals surface area contributed by atoms with E-state index in [9.17, 15) is 24.2 Å². The lowest BCUT2D eigenvalue weighted by atomic mass is 9.91. The van der Waals surface area contributed by atoms with Gasteiger partial charge in [0.15, 0.2) is 11.9 Å². The van der Waals surface area contributed by atoms with Crippen LogP contribution in [0, 0.1) is 11.8 Å². The summed E-state index contributed by atoms with van der Waals surface area (Å²) in [6.45, 7) is 4.83. The van der Waals surface area contributed by atoms with E-state index in [1.165, 1.54) is 13.3 Å². The minimum Gasteiger partial charge on any atom is -0.347 e. The van der Waals surface area contributed by atoms with Crippen LogP contribution in [0.5, 0.6) is 0 Å². The highest BCUT2D eigenvalue weighted by Crippen LogP contribution is 2.52. The quantitative estimate of drug-likeness (QED) is 0.337. The first-order chi connectivity index (χ1) is 12.5. The maximum Gasteiger partial charge on any atom is 0.275 e. The van der Waals surface area contributed by atoms with Gasteiger partial charge in [0.05, 0.1) is 12.6 Å². The van der Waals surface area contributed by atoms with E-state index in [0.29, 0.717) is 0 Å². The molecule has 0 aliphatic heterocycles. The predicted octanol–water partition coefficient (Wildman–Crippen LogP) is 0.572. The predicted molar refractivity (Wildman–Crippen MR) is 106 cm³/mol. The first-order valence-corrected chi connectivity index (χ1v) is 11.8. The van der Waals surface area contributed by atoms with Gasteiger partial charge in [0, 0.05) is 0 Å². The van der Waals surface area contributed by atoms with Crippen LogP contribution in [0.1, 0.15) is 52.9 Å². The van der Waals surface area contributed by atoms with Crippen molar-refractivity contribution in [2.75, 3.05) is 18.9 Å². The third kappa shape index (κ3) is 9.10. The largest absolute Gasteiger partial charge is 0.347 e. The van der Waals surface area contributed by atoms with Gasteiger partial charge < -0.3 is 16.4 Å². The lowest BCUT2D eigenvalue weighted by molar-refractivity contribution is -0.130. The van der Waals surface area contributed by atoms with Crippen molar-refractivity contribution >= 4 is 25.3 Å². The number of hydrogen-bond acceptors (Lipinski definition) is 6. The van der Waals surface area contributed by atoms with Crippen LogP contribution in [0.4, 0.5) is 0 Å². The van der Waals surface area contributed by atoms with E-state index in [-0.39, 0.29) is 30.7 Å². The minimum absolute atomic E-state index is 0.0581. The zero-order chi connectivity index (χ0) is 20.6. The Hall–Kier alpha value is -1.08. The number of carbonyl (C=O) groups is 3. The Morgan fingerprint density at radius 1 is 1.07 bits per heavy atom. The van der Waals surface area contributed by atoms with Crippen LogP contribution in [-0.2, 0) is 14.4 Å². The Bertz CT molecular complexity index is 521. The summed E-state index contributed by atoms with van der Waals surface area (Å²) in [5, 5.41) is 4.94. The van der Waals surface area contributed by atoms with E-state index in [1.54, 1.807) is 13.8 Å². The van der Waals surface area contributed by atoms with E-state index in [1.807, 2.05) is 0 Å². The highest BCUT2D eigenvalue weighted by Gasteiger charge is 2.39. The van der Waals surface area contributed by atoms with E-state index in [0.717, 1.165) is 25.7 Å². The highest BCUT2D eigenvalue weighted by atomic mass is 31.2. The average molecular weight is 404 g/mol. The molecule has 156 valence electrons. The fourth-order valence-corrected chi connectivity index (χ4v) is 5.20. The Kier molecular flexibility index (Phi) is 9.81. The van der Waals surface area contributed by atoms with Gasteiger partial charge in [-0.1, -0.05) is 33.1 Å². The number of nitrogens with one attached hydrogen (secondary N) is 2. The fourth-order valence-electron chi connectivity index (χ4n) is 3.20. The van der Waals surface area contributed by atoms with E-state index < -0.39 is 37.4 Å². The molecule has 1 rings (SSSR count). The number of ketones is 1. The molecule has 0 heterocycles. The van der Waals surface area contributed by atoms with Gasteiger partial charge in [-0.2, -0.15) is 0 Å². The zero-order valence-electron chi connectivity index (χ0n) is 16.6. The minimum atomic E-state index is -3.28. The van der Waals surface area contributed by atoms with Gasteiger partial charge in [0.1, 0.15) is 12.2 Å². The summed E-state index contributed by atoms with van der Waals surface area (Å²) in [6, 6.07) is -1.55. The lowest BCUT2D eigenvalue weighted by Gasteiger charge is -2.23. The summed E-state index contributed by atoms with van der Waals surface area (Å²) in [6.07, 6.45) is 5.29. The van der Waals surface area contributed by atoms with Crippen LogP contribution in [0.3, 0.4) is 0 Å². The Morgan fingerprint density at radius 3 is 2.22 bits per heavy atom. The number of carbonyl (C=O) groups excluding carboxylic acids is 3. The van der Waals surface area contributed by atoms with Crippen LogP contribution in [0.2, 0.25) is 0 Å². The van der Waals surface area contributed by atoms with Crippen molar-refractivity contribution in [1.82, 2.24) is 10.6 Å². The third-order valence-corrected chi connectivity index (χ3v) is 6.90. The van der Waals surface area contributed by atoms with Crippen molar-refractivity contribution < 1.29 is 24.2 Å². The molecule has 27 heavy (non-hydrogen) atoms. The maximum atomic E-state index is 12.0. The molecule has 0 unspecified atom stereocenters. The number of rotatable bonds is 10. The van der Waals surface area contributed by atoms with Crippen molar-refractivity contribution in [3.05, 3.63) is 0 Å². The first-order valence-electron chi connectivity index (χ1n) is 9.69. The van der Waals surface area contributed by atoms with Crippen LogP contribution < -0.4 is 16.4 Å². The zero-order valence-corrected chi connectivity index (χ0v) is 17.5. The molecule has 0 bridgehead atoms. The SMILES string of the molecule is CC(C)[C@@H](N)C(=O)N[C@@H](C)C(=O)NCC(=O)C[P+](O)(O)CC1CCCCC1. The lowest BCUT2D eigenvalue weighted by Crippen LogP contribution is -2.52. The molecule has 0 aromatic heterocycles. The molecular weight excluding hydrogens is 369 g/mol. The average Bonchev–Trinajstić information content (AvgIpc) is 2.58. The normalized spacial score (nSPS) is 18.0. The molecule has 2 atom stereocenters. The van der Waals surface area contributed by atoms with Crippen molar-refractivity contribution in [3.63, 3.8) is 0 Å². The number of nitrogens with two attached hydrogens (primary N) is 1. The molecule has 0 spiro atoms. The van der Waals surface area contributed by atoms with E-state index in [2.05, 4.69) is 10.6 Å². The molecule has 0 radical (unpaired) electrons. The molecule has 0 saturated heterocycles. The molecular formula is C18H35N3O5P+. The summed E-state index contributed by atoms with van der Waals surface area (Å²) >= 11 is 0. The second-order valence-corrected chi connectivity index (χ2v) is 10.4. The number of amides is 2. The summed E-state index contributed by atoms with van der Waals surface area (Å²) in [5.41, 5.74) is 5.73. The molecule has 6 N–H and O–H groups in total. The van der Waals surface area contributed by atoms with Gasteiger partial charge in [0.2, 0.25) is 11.8 Å². The van der Waals surface area contributed by atoms with Gasteiger partial charge in [-0.25, -0.2) is 9.79 Å². The van der Waals surface area contributed by atoms with Crippen LogP contribution in [0.15, 0.2) is 0 Å². The molecule has 1 aliphatic rings. The van der Waals surface area contributed by atoms with Crippen LogP contribution in [-0.4, -0.2) is 58.3 Å². The molecule has 9 heteroatoms. The van der Waals surface area contributed by atoms with Crippen molar-refractivity contribution in [2.45, 2.75) is 65.0 Å². The standard InChI is InChI=1S/C18H34N3O5P/c1-12(2)16(19)18(24)21-13(3)17(23)20-9-15(22)11-27(25,26)10-14-7-5-4-6-8-14/h12-14,16,25-26H,4-11,19H2,1-3H3,(H-,20,21,23,24)/p+1/t13-,16+/m0/s1. The Balaban J connectivity index is 2.37. The van der Waals surface area contributed by atoms with Crippen molar-refractivity contribution in [2.24, 2.45) is 17.6 Å². The highest BCUT2D eigenvalue weighted by molar-refractivity contribution is 7.65. The monoisotopic (exact) mass is 404 g/mol. The van der Waals surface area contributed by atoms with Crippen molar-refractivity contribution in [1.29, 1.82) is 0 Å². The summed E-state index contributed by atoms with van der Waals surface area (Å²) in [4.78, 5) is 56.3. The third-order valence-electron chi connectivity index (χ3n) is 4.94. The first kappa shape index (κ1) is 24.0. The summed E-state index contributed by atoms with van der Waals surface area (Å²) < 4.78 is 0. The summed E-state index contributed by atoms with van der Waals surface area (Å²) in [5.74, 6) is -1.15. The molecule has 0 aromatic rings. The van der Waals surface area contributed by atoms with Gasteiger partial charge in [0.25, 0.3) is 7.72 Å². The molecule has 1 aliphatic carbocycles. The topological polar surface area (TPSA) is 142 Å². The second-order valence-electron chi connectivity index (χ2n) is 7.98. The maximum absolute atomic E-state index is 12.0. The van der Waals surface area contributed by atoms with Gasteiger partial charge in [-0.15, -0.1) is 0 Å². The molecule has 1 saturated carbocycles. The van der Waals surface area contributed by atoms with Crippen LogP contribution in [0.25, 0.3) is 0 Å². The Labute approximate surface area is 162 Å². The Morgan fingerprint density at radius 2 is 1.67 bits per heavy atom. The van der Waals surface area contributed by atoms with E-state index >= 15 is 0 Å². The van der Waals surface area contributed by atoms with E-state index in [4.69, 9.17) is 5.73 Å². The second kappa shape index (κ2) is 11.1. The smallest absolute Gasteiger partial charge is 0.275 e. The number of Topliss-reactive ketones (excluding diaryl/α,β-unsaturated/α-hetero) is 1. The molecule has 0 aromatic carbocycles. The van der Waals surface area contributed by atoms with Gasteiger partial charge in [-0.05, 0) is 31.6 Å². The van der Waals surface area contributed by atoms with Crippen LogP contribution >= 0.6 is 7.72 Å². The number of hydrogen-bond donors (Lipinski definition) is 5. The van der Waals surface area contributed by atoms with Crippen molar-refractivity contribution in [3.8, 4) is 0 Å². The molecule has 1 fully saturated rings. The fraction of sp³-hybridized carbons (Fsp3) is 0.833.